The minimum absolute atomic E-state index is 0.104. The second-order valence-electron chi connectivity index (χ2n) is 3.22. The first-order valence-electron chi connectivity index (χ1n) is 4.50. The van der Waals surface area contributed by atoms with Crippen molar-refractivity contribution in [2.45, 2.75) is 25.3 Å². The highest BCUT2D eigenvalue weighted by molar-refractivity contribution is 5.83. The summed E-state index contributed by atoms with van der Waals surface area (Å²) in [6.45, 7) is 2.47. The molecule has 70 valence electrons. The molecule has 1 amide bonds. The van der Waals surface area contributed by atoms with Crippen molar-refractivity contribution in [3.63, 3.8) is 0 Å². The van der Waals surface area contributed by atoms with E-state index in [0.717, 1.165) is 32.4 Å². The smallest absolute Gasteiger partial charge is 0.239 e. The first-order valence-corrected chi connectivity index (χ1v) is 4.50. The van der Waals surface area contributed by atoms with Crippen LogP contribution in [0.3, 0.4) is 0 Å². The summed E-state index contributed by atoms with van der Waals surface area (Å²) in [6, 6.07) is -0.293. The van der Waals surface area contributed by atoms with Gasteiger partial charge in [-0.1, -0.05) is 6.42 Å². The Labute approximate surface area is 72.9 Å². The van der Waals surface area contributed by atoms with Crippen LogP contribution in [0.5, 0.6) is 0 Å². The Morgan fingerprint density at radius 1 is 1.42 bits per heavy atom. The minimum Gasteiger partial charge on any atom is -0.338 e. The SMILES string of the molecule is NCCCC[C@H](N)C(=O)N1CC1. The molecule has 1 heterocycles. The molecule has 0 unspecified atom stereocenters. The molecule has 0 spiro atoms. The van der Waals surface area contributed by atoms with E-state index in [1.165, 1.54) is 0 Å². The average Bonchev–Trinajstić information content (AvgIpc) is 2.86. The quantitative estimate of drug-likeness (QED) is 0.424. The van der Waals surface area contributed by atoms with Gasteiger partial charge in [-0.15, -0.1) is 0 Å². The van der Waals surface area contributed by atoms with Gasteiger partial charge in [0.05, 0.1) is 6.04 Å². The van der Waals surface area contributed by atoms with E-state index in [2.05, 4.69) is 0 Å². The van der Waals surface area contributed by atoms with E-state index >= 15 is 0 Å². The van der Waals surface area contributed by atoms with E-state index in [9.17, 15) is 4.79 Å². The fourth-order valence-corrected chi connectivity index (χ4v) is 1.14. The molecule has 1 aliphatic heterocycles. The summed E-state index contributed by atoms with van der Waals surface area (Å²) in [5.41, 5.74) is 11.0. The monoisotopic (exact) mass is 171 g/mol. The maximum atomic E-state index is 11.3. The molecule has 12 heavy (non-hydrogen) atoms. The molecule has 0 bridgehead atoms. The van der Waals surface area contributed by atoms with Crippen molar-refractivity contribution in [1.82, 2.24) is 4.90 Å². The Bertz CT molecular complexity index is 156. The highest BCUT2D eigenvalue weighted by Gasteiger charge is 2.27. The molecule has 1 atom stereocenters. The summed E-state index contributed by atoms with van der Waals surface area (Å²) < 4.78 is 0. The number of rotatable bonds is 5. The Hall–Kier alpha value is -0.610. The average molecular weight is 171 g/mol. The van der Waals surface area contributed by atoms with Gasteiger partial charge in [0.15, 0.2) is 0 Å². The van der Waals surface area contributed by atoms with Gasteiger partial charge in [-0.3, -0.25) is 4.79 Å². The first-order chi connectivity index (χ1) is 5.75. The van der Waals surface area contributed by atoms with E-state index in [1.807, 2.05) is 0 Å². The minimum atomic E-state index is -0.293. The van der Waals surface area contributed by atoms with Crippen LogP contribution in [-0.2, 0) is 4.79 Å². The fraction of sp³-hybridized carbons (Fsp3) is 0.875. The topological polar surface area (TPSA) is 72.1 Å². The van der Waals surface area contributed by atoms with E-state index in [1.54, 1.807) is 4.90 Å². The largest absolute Gasteiger partial charge is 0.338 e. The van der Waals surface area contributed by atoms with Crippen molar-refractivity contribution in [3.8, 4) is 0 Å². The number of carbonyl (C=O) groups is 1. The Morgan fingerprint density at radius 3 is 2.58 bits per heavy atom. The molecule has 4 N–H and O–H groups in total. The maximum Gasteiger partial charge on any atom is 0.239 e. The third kappa shape index (κ3) is 2.79. The molecule has 1 saturated heterocycles. The van der Waals surface area contributed by atoms with E-state index < -0.39 is 0 Å². The van der Waals surface area contributed by atoms with Crippen LogP contribution in [0, 0.1) is 0 Å². The van der Waals surface area contributed by atoms with Gasteiger partial charge < -0.3 is 16.4 Å². The van der Waals surface area contributed by atoms with Gasteiger partial charge in [0, 0.05) is 13.1 Å². The molecule has 0 saturated carbocycles. The van der Waals surface area contributed by atoms with Gasteiger partial charge in [-0.05, 0) is 19.4 Å². The number of hydrogen-bond acceptors (Lipinski definition) is 3. The number of amides is 1. The summed E-state index contributed by atoms with van der Waals surface area (Å²) in [4.78, 5) is 13.0. The van der Waals surface area contributed by atoms with Crippen molar-refractivity contribution < 1.29 is 4.79 Å². The van der Waals surface area contributed by atoms with Crippen molar-refractivity contribution >= 4 is 5.91 Å². The zero-order chi connectivity index (χ0) is 8.97. The predicted molar refractivity (Wildman–Crippen MR) is 47.5 cm³/mol. The van der Waals surface area contributed by atoms with Crippen LogP contribution >= 0.6 is 0 Å². The molecule has 1 aliphatic rings. The molecule has 1 fully saturated rings. The number of nitrogens with two attached hydrogens (primary N) is 2. The van der Waals surface area contributed by atoms with Crippen LogP contribution in [0.4, 0.5) is 0 Å². The molecule has 0 aromatic rings. The first kappa shape index (κ1) is 9.48. The van der Waals surface area contributed by atoms with Crippen LogP contribution in [0.1, 0.15) is 19.3 Å². The van der Waals surface area contributed by atoms with Crippen LogP contribution < -0.4 is 11.5 Å². The number of unbranched alkanes of at least 4 members (excludes halogenated alkanes) is 1. The third-order valence-corrected chi connectivity index (χ3v) is 2.05. The Morgan fingerprint density at radius 2 is 2.08 bits per heavy atom. The van der Waals surface area contributed by atoms with Gasteiger partial charge in [-0.2, -0.15) is 0 Å². The Balaban J connectivity index is 2.09. The summed E-state index contributed by atoms with van der Waals surface area (Å²) in [6.07, 6.45) is 2.69. The number of carbonyl (C=O) groups excluding carboxylic acids is 1. The zero-order valence-electron chi connectivity index (χ0n) is 7.33. The molecular formula is C8H17N3O. The van der Waals surface area contributed by atoms with Crippen LogP contribution in [0.2, 0.25) is 0 Å². The van der Waals surface area contributed by atoms with Gasteiger partial charge in [0.25, 0.3) is 0 Å². The van der Waals surface area contributed by atoms with Crippen LogP contribution in [-0.4, -0.2) is 36.5 Å². The predicted octanol–water partition coefficient (Wildman–Crippen LogP) is -0.715. The van der Waals surface area contributed by atoms with Gasteiger partial charge in [0.2, 0.25) is 5.91 Å². The fourth-order valence-electron chi connectivity index (χ4n) is 1.14. The standard InChI is InChI=1S/C8H17N3O/c9-4-2-1-3-7(10)8(12)11-5-6-11/h7H,1-6,9-10H2/t7-/m0/s1. The lowest BCUT2D eigenvalue weighted by molar-refractivity contribution is -0.127. The van der Waals surface area contributed by atoms with E-state index in [4.69, 9.17) is 11.5 Å². The normalized spacial score (nSPS) is 17.7. The molecule has 4 heteroatoms. The lowest BCUT2D eigenvalue weighted by Gasteiger charge is -2.09. The lowest BCUT2D eigenvalue weighted by Crippen LogP contribution is -2.35. The summed E-state index contributed by atoms with van der Waals surface area (Å²) in [5, 5.41) is 0. The highest BCUT2D eigenvalue weighted by Crippen LogP contribution is 2.08. The van der Waals surface area contributed by atoms with Crippen LogP contribution in [0.15, 0.2) is 0 Å². The van der Waals surface area contributed by atoms with Gasteiger partial charge in [-0.25, -0.2) is 0 Å². The molecule has 4 nitrogen and oxygen atoms in total. The van der Waals surface area contributed by atoms with Crippen molar-refractivity contribution in [2.24, 2.45) is 11.5 Å². The molecule has 0 radical (unpaired) electrons. The zero-order valence-corrected chi connectivity index (χ0v) is 7.33. The van der Waals surface area contributed by atoms with Crippen molar-refractivity contribution in [3.05, 3.63) is 0 Å². The molecule has 0 aliphatic carbocycles. The maximum absolute atomic E-state index is 11.3. The Kier molecular flexibility index (Phi) is 3.49. The number of hydrogen-bond donors (Lipinski definition) is 2. The number of nitrogens with zero attached hydrogens (tertiary/aromatic N) is 1. The third-order valence-electron chi connectivity index (χ3n) is 2.05. The second-order valence-corrected chi connectivity index (χ2v) is 3.22. The van der Waals surface area contributed by atoms with Gasteiger partial charge >= 0.3 is 0 Å². The molecule has 1 rings (SSSR count). The summed E-state index contributed by atoms with van der Waals surface area (Å²) >= 11 is 0. The summed E-state index contributed by atoms with van der Waals surface area (Å²) in [5.74, 6) is 0.104. The summed E-state index contributed by atoms with van der Waals surface area (Å²) in [7, 11) is 0. The molecule has 0 aromatic carbocycles. The van der Waals surface area contributed by atoms with Crippen molar-refractivity contribution in [1.29, 1.82) is 0 Å². The van der Waals surface area contributed by atoms with E-state index in [0.29, 0.717) is 6.54 Å². The highest BCUT2D eigenvalue weighted by atomic mass is 16.2. The molecule has 0 aromatic heterocycles. The van der Waals surface area contributed by atoms with E-state index in [-0.39, 0.29) is 11.9 Å². The molecular weight excluding hydrogens is 154 g/mol. The van der Waals surface area contributed by atoms with Crippen LogP contribution in [0.25, 0.3) is 0 Å². The van der Waals surface area contributed by atoms with Gasteiger partial charge in [0.1, 0.15) is 0 Å². The van der Waals surface area contributed by atoms with Crippen molar-refractivity contribution in [2.75, 3.05) is 19.6 Å². The lowest BCUT2D eigenvalue weighted by atomic mass is 10.1. The second kappa shape index (κ2) is 4.42.